The van der Waals surface area contributed by atoms with Crippen LogP contribution in [0.25, 0.3) is 0 Å². The predicted molar refractivity (Wildman–Crippen MR) is 68.5 cm³/mol. The molecule has 1 fully saturated rings. The largest absolute Gasteiger partial charge is 0.497 e. The van der Waals surface area contributed by atoms with Crippen LogP contribution in [-0.4, -0.2) is 13.7 Å². The zero-order valence-electron chi connectivity index (χ0n) is 9.54. The summed E-state index contributed by atoms with van der Waals surface area (Å²) in [6, 6.07) is 5.97. The molecule has 1 aromatic carbocycles. The van der Waals surface area contributed by atoms with Crippen LogP contribution in [0.3, 0.4) is 0 Å². The van der Waals surface area contributed by atoms with E-state index in [9.17, 15) is 0 Å². The Morgan fingerprint density at radius 1 is 1.38 bits per heavy atom. The summed E-state index contributed by atoms with van der Waals surface area (Å²) in [5.41, 5.74) is 1.18. The quantitative estimate of drug-likeness (QED) is 0.741. The maximum atomic E-state index is 5.81. The van der Waals surface area contributed by atoms with Gasteiger partial charge in [-0.2, -0.15) is 0 Å². The molecule has 0 unspecified atom stereocenters. The van der Waals surface area contributed by atoms with Crippen molar-refractivity contribution >= 4 is 15.9 Å². The van der Waals surface area contributed by atoms with Gasteiger partial charge in [-0.25, -0.2) is 0 Å². The molecule has 0 spiro atoms. The zero-order chi connectivity index (χ0) is 11.4. The van der Waals surface area contributed by atoms with Crippen molar-refractivity contribution in [3.05, 3.63) is 23.8 Å². The van der Waals surface area contributed by atoms with E-state index in [1.54, 1.807) is 7.11 Å². The van der Waals surface area contributed by atoms with Gasteiger partial charge in [0.05, 0.1) is 13.7 Å². The standard InChI is InChI=1S/C13H17BrO2/c1-15-12-5-4-11(9-14)13(8-12)16-7-6-10-2-3-10/h4-5,8,10H,2-3,6-7,9H2,1H3. The Kier molecular flexibility index (Phi) is 4.10. The molecule has 88 valence electrons. The van der Waals surface area contributed by atoms with E-state index in [4.69, 9.17) is 9.47 Å². The molecule has 1 aliphatic rings. The average Bonchev–Trinajstić information content (AvgIpc) is 3.13. The molecule has 0 amide bonds. The SMILES string of the molecule is COc1ccc(CBr)c(OCCC2CC2)c1. The highest BCUT2D eigenvalue weighted by molar-refractivity contribution is 9.08. The van der Waals surface area contributed by atoms with Crippen LogP contribution in [0.1, 0.15) is 24.8 Å². The number of hydrogen-bond acceptors (Lipinski definition) is 2. The van der Waals surface area contributed by atoms with E-state index in [2.05, 4.69) is 15.9 Å². The minimum absolute atomic E-state index is 0.815. The second-order valence-electron chi connectivity index (χ2n) is 4.19. The van der Waals surface area contributed by atoms with Crippen molar-refractivity contribution in [1.82, 2.24) is 0 Å². The zero-order valence-corrected chi connectivity index (χ0v) is 11.1. The molecule has 1 aromatic rings. The number of rotatable bonds is 6. The smallest absolute Gasteiger partial charge is 0.127 e. The molecule has 0 bridgehead atoms. The molecule has 0 atom stereocenters. The second-order valence-corrected chi connectivity index (χ2v) is 4.75. The number of methoxy groups -OCH3 is 1. The van der Waals surface area contributed by atoms with E-state index >= 15 is 0 Å². The van der Waals surface area contributed by atoms with Gasteiger partial charge in [-0.3, -0.25) is 0 Å². The van der Waals surface area contributed by atoms with Crippen molar-refractivity contribution < 1.29 is 9.47 Å². The van der Waals surface area contributed by atoms with Crippen LogP contribution < -0.4 is 9.47 Å². The summed E-state index contributed by atoms with van der Waals surface area (Å²) in [4.78, 5) is 0. The third-order valence-electron chi connectivity index (χ3n) is 2.90. The first-order chi connectivity index (χ1) is 7.83. The van der Waals surface area contributed by atoms with Crippen molar-refractivity contribution in [1.29, 1.82) is 0 Å². The molecule has 0 N–H and O–H groups in total. The molecule has 0 aromatic heterocycles. The Morgan fingerprint density at radius 3 is 2.81 bits per heavy atom. The summed E-state index contributed by atoms with van der Waals surface area (Å²) in [6.07, 6.45) is 3.94. The van der Waals surface area contributed by atoms with Crippen molar-refractivity contribution in [2.75, 3.05) is 13.7 Å². The van der Waals surface area contributed by atoms with Gasteiger partial charge in [0.15, 0.2) is 0 Å². The third-order valence-corrected chi connectivity index (χ3v) is 3.50. The molecular weight excluding hydrogens is 268 g/mol. The molecule has 16 heavy (non-hydrogen) atoms. The van der Waals surface area contributed by atoms with Gasteiger partial charge in [0, 0.05) is 17.0 Å². The monoisotopic (exact) mass is 284 g/mol. The second kappa shape index (κ2) is 5.58. The molecule has 0 radical (unpaired) electrons. The Labute approximate surface area is 105 Å². The molecule has 0 saturated heterocycles. The van der Waals surface area contributed by atoms with Gasteiger partial charge in [-0.15, -0.1) is 0 Å². The van der Waals surface area contributed by atoms with E-state index in [-0.39, 0.29) is 0 Å². The van der Waals surface area contributed by atoms with Crippen LogP contribution in [-0.2, 0) is 5.33 Å². The third kappa shape index (κ3) is 3.14. The summed E-state index contributed by atoms with van der Waals surface area (Å²) in [7, 11) is 1.68. The first-order valence-corrected chi connectivity index (χ1v) is 6.81. The highest BCUT2D eigenvalue weighted by Crippen LogP contribution is 2.33. The minimum Gasteiger partial charge on any atom is -0.497 e. The highest BCUT2D eigenvalue weighted by atomic mass is 79.9. The van der Waals surface area contributed by atoms with Crippen molar-refractivity contribution in [3.8, 4) is 11.5 Å². The van der Waals surface area contributed by atoms with Gasteiger partial charge in [-0.1, -0.05) is 34.8 Å². The lowest BCUT2D eigenvalue weighted by Gasteiger charge is -2.11. The summed E-state index contributed by atoms with van der Waals surface area (Å²) < 4.78 is 11.0. The Balaban J connectivity index is 1.97. The van der Waals surface area contributed by atoms with E-state index in [1.165, 1.54) is 24.8 Å². The summed E-state index contributed by atoms with van der Waals surface area (Å²) in [6.45, 7) is 0.817. The molecule has 3 heteroatoms. The fourth-order valence-corrected chi connectivity index (χ4v) is 2.11. The number of ether oxygens (including phenoxy) is 2. The maximum Gasteiger partial charge on any atom is 0.127 e. The first kappa shape index (κ1) is 11.8. The maximum absolute atomic E-state index is 5.81. The molecular formula is C13H17BrO2. The van der Waals surface area contributed by atoms with Crippen molar-refractivity contribution in [2.45, 2.75) is 24.6 Å². The lowest BCUT2D eigenvalue weighted by Crippen LogP contribution is -2.00. The lowest BCUT2D eigenvalue weighted by atomic mass is 10.2. The van der Waals surface area contributed by atoms with Gasteiger partial charge in [-0.05, 0) is 18.4 Å². The van der Waals surface area contributed by atoms with E-state index < -0.39 is 0 Å². The fraction of sp³-hybridized carbons (Fsp3) is 0.538. The predicted octanol–water partition coefficient (Wildman–Crippen LogP) is 3.77. The van der Waals surface area contributed by atoms with Crippen LogP contribution in [0.2, 0.25) is 0 Å². The van der Waals surface area contributed by atoms with E-state index in [0.29, 0.717) is 0 Å². The summed E-state index contributed by atoms with van der Waals surface area (Å²) in [5, 5.41) is 0.815. The Bertz CT molecular complexity index is 348. The van der Waals surface area contributed by atoms with Gasteiger partial charge in [0.25, 0.3) is 0 Å². The van der Waals surface area contributed by atoms with Crippen LogP contribution in [0, 0.1) is 5.92 Å². The highest BCUT2D eigenvalue weighted by Gasteiger charge is 2.20. The topological polar surface area (TPSA) is 18.5 Å². The normalized spacial score (nSPS) is 14.9. The number of alkyl halides is 1. The molecule has 2 nitrogen and oxygen atoms in total. The van der Waals surface area contributed by atoms with Crippen molar-refractivity contribution in [2.24, 2.45) is 5.92 Å². The van der Waals surface area contributed by atoms with E-state index in [0.717, 1.165) is 29.4 Å². The number of benzene rings is 1. The van der Waals surface area contributed by atoms with Crippen LogP contribution in [0.5, 0.6) is 11.5 Å². The van der Waals surface area contributed by atoms with Gasteiger partial charge >= 0.3 is 0 Å². The van der Waals surface area contributed by atoms with Gasteiger partial charge in [0.2, 0.25) is 0 Å². The van der Waals surface area contributed by atoms with Crippen molar-refractivity contribution in [3.63, 3.8) is 0 Å². The Morgan fingerprint density at radius 2 is 2.19 bits per heavy atom. The van der Waals surface area contributed by atoms with Gasteiger partial charge in [0.1, 0.15) is 11.5 Å². The molecule has 0 aliphatic heterocycles. The number of hydrogen-bond donors (Lipinski definition) is 0. The summed E-state index contributed by atoms with van der Waals surface area (Å²) >= 11 is 3.47. The molecule has 0 heterocycles. The Hall–Kier alpha value is -0.700. The van der Waals surface area contributed by atoms with Crippen LogP contribution >= 0.6 is 15.9 Å². The average molecular weight is 285 g/mol. The van der Waals surface area contributed by atoms with Gasteiger partial charge < -0.3 is 9.47 Å². The number of halogens is 1. The van der Waals surface area contributed by atoms with Crippen LogP contribution in [0.4, 0.5) is 0 Å². The van der Waals surface area contributed by atoms with Crippen LogP contribution in [0.15, 0.2) is 18.2 Å². The lowest BCUT2D eigenvalue weighted by molar-refractivity contribution is 0.298. The summed E-state index contributed by atoms with van der Waals surface area (Å²) in [5.74, 6) is 2.71. The fourth-order valence-electron chi connectivity index (χ4n) is 1.65. The first-order valence-electron chi connectivity index (χ1n) is 5.69. The molecule has 1 saturated carbocycles. The minimum atomic E-state index is 0.815. The molecule has 1 aliphatic carbocycles. The molecule has 2 rings (SSSR count). The van der Waals surface area contributed by atoms with E-state index in [1.807, 2.05) is 18.2 Å².